The van der Waals surface area contributed by atoms with Crippen LogP contribution in [0, 0.1) is 0 Å². The summed E-state index contributed by atoms with van der Waals surface area (Å²) in [6, 6.07) is 0. The summed E-state index contributed by atoms with van der Waals surface area (Å²) in [4.78, 5) is 2.34. The summed E-state index contributed by atoms with van der Waals surface area (Å²) in [6.45, 7) is 5.25. The predicted molar refractivity (Wildman–Crippen MR) is 43.7 cm³/mol. The van der Waals surface area contributed by atoms with Crippen LogP contribution in [0.2, 0.25) is 0 Å². The molecule has 1 rings (SSSR count). The Morgan fingerprint density at radius 2 is 1.64 bits per heavy atom. The Morgan fingerprint density at radius 3 is 1.91 bits per heavy atom. The van der Waals surface area contributed by atoms with Gasteiger partial charge in [0.2, 0.25) is 0 Å². The fraction of sp³-hybridized carbons (Fsp3) is 1.00. The van der Waals surface area contributed by atoms with Gasteiger partial charge in [0.15, 0.2) is 0 Å². The van der Waals surface area contributed by atoms with E-state index in [1.165, 1.54) is 0 Å². The molecular weight excluding hydrogens is 142 g/mol. The van der Waals surface area contributed by atoms with Crippen LogP contribution in [0.25, 0.3) is 0 Å². The minimum absolute atomic E-state index is 0.264. The summed E-state index contributed by atoms with van der Waals surface area (Å²) in [7, 11) is 3.49. The van der Waals surface area contributed by atoms with Gasteiger partial charge in [0, 0.05) is 27.3 Å². The topological polar surface area (TPSA) is 21.7 Å². The normalized spacial score (nSPS) is 33.0. The smallest absolute Gasteiger partial charge is 0.0971 e. The van der Waals surface area contributed by atoms with Crippen molar-refractivity contribution < 1.29 is 9.47 Å². The molecule has 3 nitrogen and oxygen atoms in total. The first-order valence-electron chi connectivity index (χ1n) is 4.09. The lowest BCUT2D eigenvalue weighted by atomic mass is 10.3. The zero-order chi connectivity index (χ0) is 8.27. The molecule has 0 unspecified atom stereocenters. The summed E-state index contributed by atoms with van der Waals surface area (Å²) >= 11 is 0. The molecule has 1 saturated heterocycles. The highest BCUT2D eigenvalue weighted by Gasteiger charge is 2.31. The van der Waals surface area contributed by atoms with Crippen LogP contribution < -0.4 is 0 Å². The van der Waals surface area contributed by atoms with Crippen molar-refractivity contribution in [2.75, 3.05) is 33.9 Å². The van der Waals surface area contributed by atoms with Gasteiger partial charge in [0.1, 0.15) is 0 Å². The van der Waals surface area contributed by atoms with Gasteiger partial charge in [-0.05, 0) is 6.54 Å². The van der Waals surface area contributed by atoms with Crippen molar-refractivity contribution in [3.8, 4) is 0 Å². The van der Waals surface area contributed by atoms with E-state index in [0.717, 1.165) is 19.6 Å². The molecule has 0 N–H and O–H groups in total. The Morgan fingerprint density at radius 1 is 1.18 bits per heavy atom. The van der Waals surface area contributed by atoms with Crippen molar-refractivity contribution >= 4 is 0 Å². The Balaban J connectivity index is 2.41. The van der Waals surface area contributed by atoms with Crippen LogP contribution in [0.1, 0.15) is 6.92 Å². The summed E-state index contributed by atoms with van der Waals surface area (Å²) in [5.74, 6) is 0. The van der Waals surface area contributed by atoms with E-state index in [9.17, 15) is 0 Å². The fourth-order valence-electron chi connectivity index (χ4n) is 1.53. The van der Waals surface area contributed by atoms with Gasteiger partial charge in [-0.1, -0.05) is 6.92 Å². The van der Waals surface area contributed by atoms with Crippen molar-refractivity contribution in [3.05, 3.63) is 0 Å². The van der Waals surface area contributed by atoms with Crippen LogP contribution >= 0.6 is 0 Å². The van der Waals surface area contributed by atoms with E-state index in [1.54, 1.807) is 14.2 Å². The molecule has 66 valence electrons. The summed E-state index contributed by atoms with van der Waals surface area (Å²) in [5.41, 5.74) is 0. The Kier molecular flexibility index (Phi) is 3.30. The van der Waals surface area contributed by atoms with E-state index in [-0.39, 0.29) is 12.2 Å². The third-order valence-electron chi connectivity index (χ3n) is 2.34. The van der Waals surface area contributed by atoms with Gasteiger partial charge in [-0.25, -0.2) is 0 Å². The Labute approximate surface area is 68.3 Å². The third kappa shape index (κ3) is 1.92. The summed E-state index contributed by atoms with van der Waals surface area (Å²) in [5, 5.41) is 0. The van der Waals surface area contributed by atoms with Crippen molar-refractivity contribution in [1.29, 1.82) is 0 Å². The summed E-state index contributed by atoms with van der Waals surface area (Å²) < 4.78 is 10.6. The van der Waals surface area contributed by atoms with Gasteiger partial charge in [-0.3, -0.25) is 4.90 Å². The first-order valence-corrected chi connectivity index (χ1v) is 4.09. The number of likely N-dealkylation sites (tertiary alicyclic amines) is 1. The molecular formula is C8H17NO2. The standard InChI is InChI=1S/C8H17NO2/c1-4-9-5-7(10-2)8(6-9)11-3/h7-8H,4-6H2,1-3H3/t7-,8+. The molecule has 1 heterocycles. The van der Waals surface area contributed by atoms with Gasteiger partial charge in [0.05, 0.1) is 12.2 Å². The lowest BCUT2D eigenvalue weighted by Crippen LogP contribution is -2.27. The van der Waals surface area contributed by atoms with Gasteiger partial charge in [0.25, 0.3) is 0 Å². The monoisotopic (exact) mass is 159 g/mol. The molecule has 0 amide bonds. The first-order chi connectivity index (χ1) is 5.31. The highest BCUT2D eigenvalue weighted by Crippen LogP contribution is 2.14. The van der Waals surface area contributed by atoms with Crippen LogP contribution in [-0.2, 0) is 9.47 Å². The van der Waals surface area contributed by atoms with E-state index in [1.807, 2.05) is 0 Å². The minimum atomic E-state index is 0.264. The first kappa shape index (κ1) is 8.97. The second kappa shape index (κ2) is 4.04. The van der Waals surface area contributed by atoms with Crippen LogP contribution in [0.3, 0.4) is 0 Å². The largest absolute Gasteiger partial charge is 0.377 e. The lowest BCUT2D eigenvalue weighted by Gasteiger charge is -2.13. The van der Waals surface area contributed by atoms with Crippen molar-refractivity contribution in [1.82, 2.24) is 4.90 Å². The number of hydrogen-bond acceptors (Lipinski definition) is 3. The van der Waals surface area contributed by atoms with Crippen molar-refractivity contribution in [2.45, 2.75) is 19.1 Å². The third-order valence-corrected chi connectivity index (χ3v) is 2.34. The number of rotatable bonds is 3. The number of likely N-dealkylation sites (N-methyl/N-ethyl adjacent to an activating group) is 1. The maximum Gasteiger partial charge on any atom is 0.0971 e. The maximum absolute atomic E-state index is 5.28. The molecule has 0 spiro atoms. The summed E-state index contributed by atoms with van der Waals surface area (Å²) in [6.07, 6.45) is 0.528. The molecule has 1 aliphatic heterocycles. The predicted octanol–water partition coefficient (Wildman–Crippen LogP) is 0.352. The van der Waals surface area contributed by atoms with E-state index < -0.39 is 0 Å². The number of ether oxygens (including phenoxy) is 2. The zero-order valence-electron chi connectivity index (χ0n) is 7.54. The van der Waals surface area contributed by atoms with Gasteiger partial charge in [-0.2, -0.15) is 0 Å². The van der Waals surface area contributed by atoms with E-state index in [2.05, 4.69) is 11.8 Å². The zero-order valence-corrected chi connectivity index (χ0v) is 7.54. The molecule has 0 aromatic carbocycles. The van der Waals surface area contributed by atoms with Crippen LogP contribution in [0.5, 0.6) is 0 Å². The molecule has 1 fully saturated rings. The van der Waals surface area contributed by atoms with Gasteiger partial charge in [-0.15, -0.1) is 0 Å². The molecule has 0 radical (unpaired) electrons. The quantitative estimate of drug-likeness (QED) is 0.593. The molecule has 1 aliphatic rings. The molecule has 0 saturated carbocycles. The van der Waals surface area contributed by atoms with E-state index >= 15 is 0 Å². The van der Waals surface area contributed by atoms with Crippen LogP contribution in [0.4, 0.5) is 0 Å². The molecule has 0 aliphatic carbocycles. The Bertz CT molecular complexity index is 107. The van der Waals surface area contributed by atoms with Crippen LogP contribution in [-0.4, -0.2) is 51.0 Å². The molecule has 3 heteroatoms. The number of nitrogens with zero attached hydrogens (tertiary/aromatic N) is 1. The second-order valence-electron chi connectivity index (χ2n) is 2.90. The van der Waals surface area contributed by atoms with Crippen LogP contribution in [0.15, 0.2) is 0 Å². The lowest BCUT2D eigenvalue weighted by molar-refractivity contribution is -0.00461. The van der Waals surface area contributed by atoms with Crippen molar-refractivity contribution in [3.63, 3.8) is 0 Å². The average molecular weight is 159 g/mol. The van der Waals surface area contributed by atoms with E-state index in [0.29, 0.717) is 0 Å². The Hall–Kier alpha value is -0.120. The molecule has 0 aromatic heterocycles. The van der Waals surface area contributed by atoms with Gasteiger partial charge >= 0.3 is 0 Å². The fourth-order valence-corrected chi connectivity index (χ4v) is 1.53. The molecule has 2 atom stereocenters. The minimum Gasteiger partial charge on any atom is -0.377 e. The van der Waals surface area contributed by atoms with Gasteiger partial charge < -0.3 is 9.47 Å². The average Bonchev–Trinajstić information content (AvgIpc) is 2.46. The number of methoxy groups -OCH3 is 2. The maximum atomic E-state index is 5.28. The van der Waals surface area contributed by atoms with E-state index in [4.69, 9.17) is 9.47 Å². The molecule has 11 heavy (non-hydrogen) atoms. The molecule has 0 bridgehead atoms. The second-order valence-corrected chi connectivity index (χ2v) is 2.90. The molecule has 0 aromatic rings. The highest BCUT2D eigenvalue weighted by molar-refractivity contribution is 4.84. The number of hydrogen-bond donors (Lipinski definition) is 0. The highest BCUT2D eigenvalue weighted by atomic mass is 16.5. The van der Waals surface area contributed by atoms with Crippen molar-refractivity contribution in [2.24, 2.45) is 0 Å². The SMILES string of the molecule is CCN1C[C@H](OC)[C@H](OC)C1.